The number of anilines is 1. The van der Waals surface area contributed by atoms with E-state index in [1.807, 2.05) is 13.8 Å². The predicted octanol–water partition coefficient (Wildman–Crippen LogP) is 4.89. The molecule has 3 heterocycles. The second kappa shape index (κ2) is 11.0. The summed E-state index contributed by atoms with van der Waals surface area (Å²) in [6, 6.07) is 5.44. The van der Waals surface area contributed by atoms with Crippen molar-refractivity contribution in [3.63, 3.8) is 0 Å². The fraction of sp³-hybridized carbons (Fsp3) is 0.500. The van der Waals surface area contributed by atoms with E-state index >= 15 is 0 Å². The van der Waals surface area contributed by atoms with Crippen LogP contribution in [-0.2, 0) is 13.2 Å². The smallest absolute Gasteiger partial charge is 0.368 e. The first kappa shape index (κ1) is 25.2. The molecule has 1 fully saturated rings. The maximum atomic E-state index is 12.8. The highest BCUT2D eigenvalue weighted by atomic mass is 19.4. The number of rotatable bonds is 3. The van der Waals surface area contributed by atoms with E-state index in [2.05, 4.69) is 22.3 Å². The van der Waals surface area contributed by atoms with Crippen LogP contribution in [0.1, 0.15) is 62.5 Å². The lowest BCUT2D eigenvalue weighted by atomic mass is 9.87. The highest BCUT2D eigenvalue weighted by Gasteiger charge is 2.34. The van der Waals surface area contributed by atoms with Gasteiger partial charge in [0.1, 0.15) is 11.5 Å². The minimum atomic E-state index is -4.41. The van der Waals surface area contributed by atoms with Crippen molar-refractivity contribution in [3.8, 4) is 0 Å². The van der Waals surface area contributed by atoms with Crippen molar-refractivity contribution in [3.05, 3.63) is 48.0 Å². The molecular weight excluding hydrogens is 421 g/mol. The van der Waals surface area contributed by atoms with E-state index in [9.17, 15) is 18.0 Å². The van der Waals surface area contributed by atoms with Crippen molar-refractivity contribution < 1.29 is 18.0 Å². The molecule has 176 valence electrons. The van der Waals surface area contributed by atoms with Gasteiger partial charge >= 0.3 is 6.18 Å². The van der Waals surface area contributed by atoms with Gasteiger partial charge in [-0.2, -0.15) is 18.3 Å². The van der Waals surface area contributed by atoms with E-state index in [1.165, 1.54) is 15.3 Å². The molecule has 1 saturated carbocycles. The van der Waals surface area contributed by atoms with Gasteiger partial charge in [0.15, 0.2) is 5.69 Å². The molecule has 0 saturated heterocycles. The predicted molar refractivity (Wildman–Crippen MR) is 118 cm³/mol. The second-order valence-electron chi connectivity index (χ2n) is 7.63. The Bertz CT molecular complexity index is 1000. The Balaban J connectivity index is 0.000000277. The lowest BCUT2D eigenvalue weighted by Gasteiger charge is -2.27. The molecule has 4 rings (SSSR count). The number of aryl methyl sites for hydroxylation is 1. The van der Waals surface area contributed by atoms with Crippen LogP contribution in [0.4, 0.5) is 19.0 Å². The number of primary amides is 1. The van der Waals surface area contributed by atoms with Gasteiger partial charge in [0.25, 0.3) is 5.91 Å². The van der Waals surface area contributed by atoms with Crippen LogP contribution < -0.4 is 11.1 Å². The molecule has 3 N–H and O–H groups in total. The fourth-order valence-electron chi connectivity index (χ4n) is 3.43. The summed E-state index contributed by atoms with van der Waals surface area (Å²) < 4.78 is 41.3. The first-order chi connectivity index (χ1) is 15.1. The summed E-state index contributed by atoms with van der Waals surface area (Å²) in [7, 11) is 1.73. The zero-order valence-electron chi connectivity index (χ0n) is 18.9. The number of carbonyl (C=O) groups excluding carboxylic acids is 1. The van der Waals surface area contributed by atoms with Crippen LogP contribution in [0.15, 0.2) is 36.8 Å². The van der Waals surface area contributed by atoms with E-state index in [4.69, 9.17) is 5.73 Å². The average molecular weight is 453 g/mol. The third kappa shape index (κ3) is 6.73. The van der Waals surface area contributed by atoms with E-state index in [-0.39, 0.29) is 0 Å². The first-order valence-electron chi connectivity index (χ1n) is 10.7. The molecule has 0 bridgehead atoms. The van der Waals surface area contributed by atoms with Gasteiger partial charge in [-0.15, -0.1) is 0 Å². The number of amides is 1. The third-order valence-corrected chi connectivity index (χ3v) is 5.14. The molecule has 7 nitrogen and oxygen atoms in total. The molecule has 3 aromatic rings. The Labute approximate surface area is 185 Å². The number of imidazole rings is 1. The average Bonchev–Trinajstić information content (AvgIpc) is 3.39. The molecule has 0 atom stereocenters. The summed E-state index contributed by atoms with van der Waals surface area (Å²) in [5.74, 6) is 0.974. The maximum Gasteiger partial charge on any atom is 0.434 e. The van der Waals surface area contributed by atoms with Crippen LogP contribution in [0.5, 0.6) is 0 Å². The molecule has 32 heavy (non-hydrogen) atoms. The number of halogens is 3. The molecule has 0 aliphatic heterocycles. The van der Waals surface area contributed by atoms with Gasteiger partial charge in [-0.25, -0.2) is 4.98 Å². The summed E-state index contributed by atoms with van der Waals surface area (Å²) in [6.07, 6.45) is 4.07. The number of fused-ring (bicyclic) bond motifs is 1. The van der Waals surface area contributed by atoms with Crippen molar-refractivity contribution in [2.75, 3.05) is 5.32 Å². The van der Waals surface area contributed by atoms with Gasteiger partial charge in [-0.05, 0) is 43.7 Å². The lowest BCUT2D eigenvalue weighted by molar-refractivity contribution is -0.140. The molecule has 1 aliphatic carbocycles. The fourth-order valence-corrected chi connectivity index (χ4v) is 3.43. The molecule has 1 amide bonds. The summed E-state index contributed by atoms with van der Waals surface area (Å²) in [5.41, 5.74) is 4.84. The Morgan fingerprint density at radius 2 is 1.81 bits per heavy atom. The zero-order valence-corrected chi connectivity index (χ0v) is 18.9. The highest BCUT2D eigenvalue weighted by Crippen LogP contribution is 2.30. The number of nitrogens with one attached hydrogen (secondary N) is 1. The largest absolute Gasteiger partial charge is 0.434 e. The standard InChI is InChI=1S/C15H18F3N3.C5H7N3O.C2H6/c1-10-5-7-11(8-6-10)19-13-3-2-4-14-20-12(9-21(13)14)15(16,17)18;1-8-3-4(2-7-8)5(6)9;1-2/h2-4,9-11,19H,5-8H2,1H3;2-3H,1H3,(H2,6,9);1-2H3. The van der Waals surface area contributed by atoms with Crippen molar-refractivity contribution in [2.24, 2.45) is 18.7 Å². The number of carbonyl (C=O) groups is 1. The normalized spacial score (nSPS) is 18.2. The summed E-state index contributed by atoms with van der Waals surface area (Å²) >= 11 is 0. The number of alkyl halides is 3. The molecular formula is C22H31F3N6O. The van der Waals surface area contributed by atoms with Gasteiger partial charge in [0, 0.05) is 25.5 Å². The summed E-state index contributed by atoms with van der Waals surface area (Å²) in [6.45, 7) is 6.24. The third-order valence-electron chi connectivity index (χ3n) is 5.14. The van der Waals surface area contributed by atoms with Crippen molar-refractivity contribution >= 4 is 17.4 Å². The number of hydrogen-bond donors (Lipinski definition) is 2. The number of hydrogen-bond acceptors (Lipinski definition) is 4. The van der Waals surface area contributed by atoms with Gasteiger partial charge in [0.2, 0.25) is 0 Å². The molecule has 3 aromatic heterocycles. The SMILES string of the molecule is CC.CC1CCC(Nc2cccc3nc(C(F)(F)F)cn23)CC1.Cn1cc(C(N)=O)cn1. The van der Waals surface area contributed by atoms with Gasteiger partial charge in [-0.1, -0.05) is 26.8 Å². The van der Waals surface area contributed by atoms with Crippen molar-refractivity contribution in [1.29, 1.82) is 0 Å². The molecule has 0 spiro atoms. The quantitative estimate of drug-likeness (QED) is 0.592. The minimum absolute atomic E-state index is 0.316. The molecule has 1 aliphatic rings. The van der Waals surface area contributed by atoms with Crippen LogP contribution in [0, 0.1) is 5.92 Å². The van der Waals surface area contributed by atoms with Crippen LogP contribution >= 0.6 is 0 Å². The van der Waals surface area contributed by atoms with Crippen molar-refractivity contribution in [1.82, 2.24) is 19.2 Å². The highest BCUT2D eigenvalue weighted by molar-refractivity contribution is 5.92. The van der Waals surface area contributed by atoms with E-state index in [0.29, 0.717) is 23.1 Å². The number of aromatic nitrogens is 4. The van der Waals surface area contributed by atoms with Crippen molar-refractivity contribution in [2.45, 2.75) is 58.7 Å². The van der Waals surface area contributed by atoms with Gasteiger partial charge in [-0.3, -0.25) is 13.9 Å². The monoisotopic (exact) mass is 452 g/mol. The van der Waals surface area contributed by atoms with Crippen LogP contribution in [0.25, 0.3) is 5.65 Å². The molecule has 10 heteroatoms. The Hall–Kier alpha value is -3.04. The van der Waals surface area contributed by atoms with Gasteiger partial charge in [0.05, 0.1) is 11.8 Å². The second-order valence-corrected chi connectivity index (χ2v) is 7.63. The number of nitrogens with two attached hydrogens (primary N) is 1. The lowest BCUT2D eigenvalue weighted by Crippen LogP contribution is -2.26. The van der Waals surface area contributed by atoms with E-state index in [1.54, 1.807) is 31.4 Å². The molecule has 0 aromatic carbocycles. The Morgan fingerprint density at radius 3 is 2.31 bits per heavy atom. The topological polar surface area (TPSA) is 90.2 Å². The minimum Gasteiger partial charge on any atom is -0.368 e. The van der Waals surface area contributed by atoms with Crippen LogP contribution in [-0.4, -0.2) is 31.1 Å². The first-order valence-corrected chi connectivity index (χ1v) is 10.7. The van der Waals surface area contributed by atoms with Crippen LogP contribution in [0.2, 0.25) is 0 Å². The zero-order chi connectivity index (χ0) is 23.9. The summed E-state index contributed by atoms with van der Waals surface area (Å²) in [5, 5.41) is 7.12. The van der Waals surface area contributed by atoms with E-state index < -0.39 is 17.8 Å². The maximum absolute atomic E-state index is 12.8. The van der Waals surface area contributed by atoms with E-state index in [0.717, 1.165) is 37.8 Å². The summed E-state index contributed by atoms with van der Waals surface area (Å²) in [4.78, 5) is 14.0. The Morgan fingerprint density at radius 1 is 1.16 bits per heavy atom. The van der Waals surface area contributed by atoms with Gasteiger partial charge < -0.3 is 11.1 Å². The number of pyridine rings is 1. The number of nitrogens with zero attached hydrogens (tertiary/aromatic N) is 4. The Kier molecular flexibility index (Phi) is 8.68. The molecule has 0 unspecified atom stereocenters. The molecule has 0 radical (unpaired) electrons. The van der Waals surface area contributed by atoms with Crippen LogP contribution in [0.3, 0.4) is 0 Å².